The lowest BCUT2D eigenvalue weighted by atomic mass is 9.99. The van der Waals surface area contributed by atoms with Crippen molar-refractivity contribution >= 4 is 12.0 Å². The molecular weight excluding hydrogens is 382 g/mol. The molecule has 0 saturated heterocycles. The average molecular weight is 405 g/mol. The van der Waals surface area contributed by atoms with Gasteiger partial charge in [-0.1, -0.05) is 36.4 Å². The van der Waals surface area contributed by atoms with E-state index in [0.717, 1.165) is 22.6 Å². The van der Waals surface area contributed by atoms with Crippen LogP contribution in [0.1, 0.15) is 28.7 Å². The maximum absolute atomic E-state index is 13.3. The predicted octanol–water partition coefficient (Wildman–Crippen LogP) is 2.25. The largest absolute Gasteiger partial charge is 0.467 e. The third-order valence-electron chi connectivity index (χ3n) is 5.22. The molecule has 2 amide bonds. The van der Waals surface area contributed by atoms with Crippen LogP contribution in [-0.4, -0.2) is 51.5 Å². The summed E-state index contributed by atoms with van der Waals surface area (Å²) in [4.78, 5) is 39.3. The molecule has 1 aromatic carbocycles. The van der Waals surface area contributed by atoms with E-state index >= 15 is 0 Å². The van der Waals surface area contributed by atoms with Gasteiger partial charge in [-0.15, -0.1) is 0 Å². The molecule has 0 bridgehead atoms. The van der Waals surface area contributed by atoms with Crippen LogP contribution in [0.4, 0.5) is 4.79 Å². The van der Waals surface area contributed by atoms with Crippen molar-refractivity contribution in [1.29, 1.82) is 0 Å². The molecule has 4 rings (SSSR count). The zero-order valence-corrected chi connectivity index (χ0v) is 16.6. The third kappa shape index (κ3) is 4.03. The Morgan fingerprint density at radius 3 is 2.73 bits per heavy atom. The second kappa shape index (κ2) is 8.77. The molecule has 1 aliphatic heterocycles. The molecule has 3 aromatic rings. The number of imidazole rings is 1. The molecule has 0 fully saturated rings. The Morgan fingerprint density at radius 1 is 1.20 bits per heavy atom. The van der Waals surface area contributed by atoms with Crippen LogP contribution in [0, 0.1) is 0 Å². The zero-order valence-electron chi connectivity index (χ0n) is 16.6. The summed E-state index contributed by atoms with van der Waals surface area (Å²) in [7, 11) is 1.32. The first kappa shape index (κ1) is 19.6. The Labute approximate surface area is 174 Å². The second-order valence-corrected chi connectivity index (χ2v) is 7.08. The lowest BCUT2D eigenvalue weighted by Crippen LogP contribution is -2.52. The van der Waals surface area contributed by atoms with Crippen LogP contribution in [0.15, 0.2) is 61.1 Å². The summed E-state index contributed by atoms with van der Waals surface area (Å²) < 4.78 is 4.93. The number of rotatable bonds is 5. The molecule has 0 radical (unpaired) electrons. The number of aromatic amines is 1. The highest BCUT2D eigenvalue weighted by atomic mass is 16.5. The van der Waals surface area contributed by atoms with Gasteiger partial charge in [-0.2, -0.15) is 0 Å². The van der Waals surface area contributed by atoms with Gasteiger partial charge in [0.2, 0.25) is 0 Å². The summed E-state index contributed by atoms with van der Waals surface area (Å²) in [5.41, 5.74) is 3.41. The quantitative estimate of drug-likeness (QED) is 0.634. The number of benzene rings is 1. The van der Waals surface area contributed by atoms with Crippen molar-refractivity contribution in [3.8, 4) is 0 Å². The van der Waals surface area contributed by atoms with Crippen molar-refractivity contribution in [3.63, 3.8) is 0 Å². The van der Waals surface area contributed by atoms with Gasteiger partial charge in [-0.25, -0.2) is 14.6 Å². The minimum absolute atomic E-state index is 0.342. The molecule has 2 N–H and O–H groups in total. The molecule has 1 aliphatic rings. The number of aromatic nitrogens is 3. The number of hydrogen-bond acceptors (Lipinski definition) is 5. The van der Waals surface area contributed by atoms with Crippen LogP contribution in [0.2, 0.25) is 0 Å². The van der Waals surface area contributed by atoms with Gasteiger partial charge in [0.15, 0.2) is 0 Å². The normalized spacial score (nSPS) is 16.4. The smallest absolute Gasteiger partial charge is 0.328 e. The van der Waals surface area contributed by atoms with E-state index in [9.17, 15) is 9.59 Å². The number of amides is 2. The minimum Gasteiger partial charge on any atom is -0.467 e. The number of carbonyl (C=O) groups excluding carboxylic acids is 2. The van der Waals surface area contributed by atoms with Crippen molar-refractivity contribution in [2.24, 2.45) is 0 Å². The van der Waals surface area contributed by atoms with Gasteiger partial charge in [0.25, 0.3) is 0 Å². The van der Waals surface area contributed by atoms with Gasteiger partial charge in [-0.05, 0) is 17.7 Å². The Kier molecular flexibility index (Phi) is 5.74. The molecule has 0 spiro atoms. The Morgan fingerprint density at radius 2 is 2.00 bits per heavy atom. The van der Waals surface area contributed by atoms with Crippen LogP contribution in [-0.2, 0) is 22.4 Å². The molecule has 154 valence electrons. The molecule has 3 heterocycles. The molecule has 0 unspecified atom stereocenters. The molecule has 2 aromatic heterocycles. The SMILES string of the molecule is COC(=O)[C@@H](Cc1ccccc1)NC(=O)N1CCc2[nH]cnc2[C@H]1c1ccccn1. The number of H-pyrrole nitrogens is 1. The minimum atomic E-state index is -0.796. The molecule has 0 aliphatic carbocycles. The van der Waals surface area contributed by atoms with E-state index in [2.05, 4.69) is 20.3 Å². The lowest BCUT2D eigenvalue weighted by Gasteiger charge is -2.35. The number of ether oxygens (including phenoxy) is 1. The van der Waals surface area contributed by atoms with E-state index in [4.69, 9.17) is 4.74 Å². The summed E-state index contributed by atoms with van der Waals surface area (Å²) >= 11 is 0. The average Bonchev–Trinajstić information content (AvgIpc) is 3.27. The zero-order chi connectivity index (χ0) is 20.9. The number of nitrogens with zero attached hydrogens (tertiary/aromatic N) is 3. The third-order valence-corrected chi connectivity index (χ3v) is 5.22. The molecule has 0 saturated carbocycles. The Hall–Kier alpha value is -3.68. The number of hydrogen-bond donors (Lipinski definition) is 2. The summed E-state index contributed by atoms with van der Waals surface area (Å²) in [5, 5.41) is 2.86. The number of carbonyl (C=O) groups is 2. The molecule has 2 atom stereocenters. The van der Waals surface area contributed by atoms with E-state index < -0.39 is 18.1 Å². The van der Waals surface area contributed by atoms with Crippen LogP contribution >= 0.6 is 0 Å². The summed E-state index contributed by atoms with van der Waals surface area (Å²) in [6.45, 7) is 0.474. The number of fused-ring (bicyclic) bond motifs is 1. The molecule has 30 heavy (non-hydrogen) atoms. The highest BCUT2D eigenvalue weighted by Crippen LogP contribution is 2.32. The van der Waals surface area contributed by atoms with Crippen molar-refractivity contribution < 1.29 is 14.3 Å². The number of nitrogens with one attached hydrogen (secondary N) is 2. The number of methoxy groups -OCH3 is 1. The highest BCUT2D eigenvalue weighted by Gasteiger charge is 2.36. The van der Waals surface area contributed by atoms with E-state index in [1.54, 1.807) is 17.4 Å². The summed E-state index contributed by atoms with van der Waals surface area (Å²) in [5.74, 6) is -0.487. The fourth-order valence-electron chi connectivity index (χ4n) is 3.75. The first-order valence-electron chi connectivity index (χ1n) is 9.79. The number of esters is 1. The first-order chi connectivity index (χ1) is 14.7. The maximum Gasteiger partial charge on any atom is 0.328 e. The monoisotopic (exact) mass is 405 g/mol. The van der Waals surface area contributed by atoms with Crippen LogP contribution < -0.4 is 5.32 Å². The predicted molar refractivity (Wildman–Crippen MR) is 110 cm³/mol. The van der Waals surface area contributed by atoms with Crippen molar-refractivity contribution in [2.75, 3.05) is 13.7 Å². The van der Waals surface area contributed by atoms with Gasteiger partial charge in [0.1, 0.15) is 12.1 Å². The fraction of sp³-hybridized carbons (Fsp3) is 0.273. The highest BCUT2D eigenvalue weighted by molar-refractivity contribution is 5.84. The van der Waals surface area contributed by atoms with Gasteiger partial charge in [0, 0.05) is 31.3 Å². The van der Waals surface area contributed by atoms with Gasteiger partial charge in [0.05, 0.1) is 24.8 Å². The lowest BCUT2D eigenvalue weighted by molar-refractivity contribution is -0.142. The van der Waals surface area contributed by atoms with E-state index in [1.807, 2.05) is 48.5 Å². The topological polar surface area (TPSA) is 100 Å². The first-order valence-corrected chi connectivity index (χ1v) is 9.79. The van der Waals surface area contributed by atoms with Crippen molar-refractivity contribution in [3.05, 3.63) is 83.7 Å². The summed E-state index contributed by atoms with van der Waals surface area (Å²) in [6, 6.07) is 13.5. The molecule has 8 nitrogen and oxygen atoms in total. The van der Waals surface area contributed by atoms with E-state index in [-0.39, 0.29) is 6.03 Å². The number of urea groups is 1. The Bertz CT molecular complexity index is 1010. The maximum atomic E-state index is 13.3. The van der Waals surface area contributed by atoms with Crippen molar-refractivity contribution in [2.45, 2.75) is 24.9 Å². The van der Waals surface area contributed by atoms with Crippen LogP contribution in [0.25, 0.3) is 0 Å². The second-order valence-electron chi connectivity index (χ2n) is 7.08. The van der Waals surface area contributed by atoms with Crippen molar-refractivity contribution in [1.82, 2.24) is 25.2 Å². The number of pyridine rings is 1. The standard InChI is InChI=1S/C22H23N5O3/c1-30-21(28)18(13-15-7-3-2-4-8-15)26-22(29)27-12-10-16-19(25-14-24-16)20(27)17-9-5-6-11-23-17/h2-9,11,14,18,20H,10,12-13H2,1H3,(H,24,25)(H,26,29)/t18-,20-/m1/s1. The van der Waals surface area contributed by atoms with E-state index in [1.165, 1.54) is 7.11 Å². The van der Waals surface area contributed by atoms with Gasteiger partial charge in [-0.3, -0.25) is 4.98 Å². The van der Waals surface area contributed by atoms with Crippen LogP contribution in [0.3, 0.4) is 0 Å². The fourth-order valence-corrected chi connectivity index (χ4v) is 3.75. The van der Waals surface area contributed by atoms with E-state index in [0.29, 0.717) is 19.4 Å². The van der Waals surface area contributed by atoms with Gasteiger partial charge < -0.3 is 19.9 Å². The molecule has 8 heteroatoms. The van der Waals surface area contributed by atoms with Crippen LogP contribution in [0.5, 0.6) is 0 Å². The summed E-state index contributed by atoms with van der Waals surface area (Å²) in [6.07, 6.45) is 4.32. The molecular formula is C22H23N5O3. The van der Waals surface area contributed by atoms with Gasteiger partial charge >= 0.3 is 12.0 Å². The Balaban J connectivity index is 1.59.